The molecule has 0 radical (unpaired) electrons. The van der Waals surface area contributed by atoms with E-state index in [2.05, 4.69) is 20.8 Å². The Morgan fingerprint density at radius 3 is 2.50 bits per heavy atom. The van der Waals surface area contributed by atoms with Gasteiger partial charge in [-0.15, -0.1) is 0 Å². The third-order valence-electron chi connectivity index (χ3n) is 1.67. The summed E-state index contributed by atoms with van der Waals surface area (Å²) < 4.78 is 10.9. The van der Waals surface area contributed by atoms with Gasteiger partial charge in [-0.05, 0) is 0 Å². The topological polar surface area (TPSA) is 20.3 Å². The van der Waals surface area contributed by atoms with Crippen molar-refractivity contribution in [2.75, 3.05) is 36.5 Å². The van der Waals surface area contributed by atoms with E-state index in [-0.39, 0.29) is 0 Å². The molecule has 1 aliphatic rings. The first-order valence-corrected chi connectivity index (χ1v) is 6.07. The van der Waals surface area contributed by atoms with Gasteiger partial charge in [-0.1, -0.05) is 15.9 Å². The first kappa shape index (κ1) is 8.68. The van der Waals surface area contributed by atoms with Gasteiger partial charge in [0.2, 0.25) is 0 Å². The Hall–Kier alpha value is 0.590. The minimum atomic E-state index is -0.521. The molecule has 10 heavy (non-hydrogen) atoms. The van der Waals surface area contributed by atoms with Gasteiger partial charge in [-0.25, -0.2) is 0 Å². The fourth-order valence-corrected chi connectivity index (χ4v) is 2.65. The molecule has 0 N–H and O–H groups in total. The minimum absolute atomic E-state index is 0.521. The van der Waals surface area contributed by atoms with E-state index in [4.69, 9.17) is 0 Å². The lowest BCUT2D eigenvalue weighted by molar-refractivity contribution is 0.319. The van der Waals surface area contributed by atoms with Gasteiger partial charge < -0.3 is 4.90 Å². The van der Waals surface area contributed by atoms with E-state index in [1.54, 1.807) is 0 Å². The summed E-state index contributed by atoms with van der Waals surface area (Å²) in [5.74, 6) is 1.74. The molecule has 0 aliphatic carbocycles. The van der Waals surface area contributed by atoms with Crippen LogP contribution in [0.25, 0.3) is 0 Å². The van der Waals surface area contributed by atoms with Crippen molar-refractivity contribution in [3.8, 4) is 0 Å². The molecule has 1 rings (SSSR count). The Bertz CT molecular complexity index is 121. The Balaban J connectivity index is 2.19. The molecule has 0 amide bonds. The first-order valence-electron chi connectivity index (χ1n) is 3.46. The molecular weight excluding hydrogens is 214 g/mol. The van der Waals surface area contributed by atoms with Crippen LogP contribution in [0.5, 0.6) is 0 Å². The second-order valence-corrected chi connectivity index (χ2v) is 4.87. The normalized spacial score (nSPS) is 23.3. The lowest BCUT2D eigenvalue weighted by Crippen LogP contribution is -2.38. The fraction of sp³-hybridized carbons (Fsp3) is 1.00. The van der Waals surface area contributed by atoms with Gasteiger partial charge in [0.25, 0.3) is 0 Å². The van der Waals surface area contributed by atoms with Gasteiger partial charge in [-0.2, -0.15) is 0 Å². The third kappa shape index (κ3) is 2.68. The maximum Gasteiger partial charge on any atom is 0.0363 e. The Labute approximate surface area is 72.6 Å². The number of nitrogens with zero attached hydrogens (tertiary/aromatic N) is 1. The summed E-state index contributed by atoms with van der Waals surface area (Å²) in [4.78, 5) is 2.34. The van der Waals surface area contributed by atoms with E-state index in [9.17, 15) is 4.21 Å². The number of hydrogen-bond acceptors (Lipinski definition) is 2. The summed E-state index contributed by atoms with van der Waals surface area (Å²) in [5, 5.41) is 1.03. The fourth-order valence-electron chi connectivity index (χ4n) is 1.02. The molecule has 0 bridgehead atoms. The van der Waals surface area contributed by atoms with E-state index in [1.165, 1.54) is 0 Å². The third-order valence-corrected chi connectivity index (χ3v) is 3.30. The molecule has 1 aliphatic heterocycles. The smallest absolute Gasteiger partial charge is 0.0363 e. The molecule has 0 saturated carbocycles. The summed E-state index contributed by atoms with van der Waals surface area (Å²) in [5.41, 5.74) is 0. The van der Waals surface area contributed by atoms with Crippen LogP contribution in [-0.4, -0.2) is 45.6 Å². The van der Waals surface area contributed by atoms with Gasteiger partial charge in [0.05, 0.1) is 0 Å². The quantitative estimate of drug-likeness (QED) is 0.637. The molecule has 1 saturated heterocycles. The van der Waals surface area contributed by atoms with Crippen molar-refractivity contribution in [1.82, 2.24) is 4.90 Å². The van der Waals surface area contributed by atoms with Crippen molar-refractivity contribution in [3.05, 3.63) is 0 Å². The van der Waals surface area contributed by atoms with Crippen LogP contribution in [0.3, 0.4) is 0 Å². The predicted octanol–water partition coefficient (Wildman–Crippen LogP) is 0.446. The van der Waals surface area contributed by atoms with E-state index >= 15 is 0 Å². The molecule has 0 unspecified atom stereocenters. The SMILES string of the molecule is O=S1CCN(CCBr)CC1. The predicted molar refractivity (Wildman–Crippen MR) is 48.1 cm³/mol. The molecule has 4 heteroatoms. The minimum Gasteiger partial charge on any atom is -0.301 e. The molecule has 0 aromatic heterocycles. The van der Waals surface area contributed by atoms with Crippen LogP contribution >= 0.6 is 15.9 Å². The highest BCUT2D eigenvalue weighted by molar-refractivity contribution is 9.09. The summed E-state index contributed by atoms with van der Waals surface area (Å²) in [7, 11) is -0.521. The highest BCUT2D eigenvalue weighted by atomic mass is 79.9. The van der Waals surface area contributed by atoms with Crippen LogP contribution in [-0.2, 0) is 10.8 Å². The van der Waals surface area contributed by atoms with Gasteiger partial charge >= 0.3 is 0 Å². The maximum atomic E-state index is 10.9. The van der Waals surface area contributed by atoms with Gasteiger partial charge in [0, 0.05) is 47.3 Å². The lowest BCUT2D eigenvalue weighted by atomic mass is 10.5. The van der Waals surface area contributed by atoms with E-state index in [1.807, 2.05) is 0 Å². The second-order valence-electron chi connectivity index (χ2n) is 2.38. The van der Waals surface area contributed by atoms with Crippen LogP contribution in [0.2, 0.25) is 0 Å². The molecule has 0 aromatic rings. The molecule has 2 nitrogen and oxygen atoms in total. The Kier molecular flexibility index (Phi) is 3.88. The van der Waals surface area contributed by atoms with Crippen molar-refractivity contribution in [3.63, 3.8) is 0 Å². The molecule has 0 spiro atoms. The van der Waals surface area contributed by atoms with E-state index in [0.29, 0.717) is 0 Å². The highest BCUT2D eigenvalue weighted by Gasteiger charge is 2.13. The van der Waals surface area contributed by atoms with Crippen LogP contribution in [0, 0.1) is 0 Å². The molecular formula is C6H12BrNOS. The van der Waals surface area contributed by atoms with Crippen molar-refractivity contribution < 1.29 is 4.21 Å². The van der Waals surface area contributed by atoms with Crippen LogP contribution in [0.1, 0.15) is 0 Å². The number of hydrogen-bond donors (Lipinski definition) is 0. The standard InChI is InChI=1S/C6H12BrNOS/c7-1-2-8-3-5-10(9)6-4-8/h1-6H2. The number of halogens is 1. The average Bonchev–Trinajstić information content (AvgIpc) is 1.95. The molecule has 1 fully saturated rings. The maximum absolute atomic E-state index is 10.9. The highest BCUT2D eigenvalue weighted by Crippen LogP contribution is 1.99. The summed E-state index contributed by atoms with van der Waals surface area (Å²) in [6.45, 7) is 3.12. The lowest BCUT2D eigenvalue weighted by Gasteiger charge is -2.24. The average molecular weight is 226 g/mol. The summed E-state index contributed by atoms with van der Waals surface area (Å²) >= 11 is 3.38. The van der Waals surface area contributed by atoms with Crippen LogP contribution < -0.4 is 0 Å². The van der Waals surface area contributed by atoms with Gasteiger partial charge in [0.1, 0.15) is 0 Å². The zero-order valence-electron chi connectivity index (χ0n) is 5.88. The van der Waals surface area contributed by atoms with Crippen LogP contribution in [0.15, 0.2) is 0 Å². The van der Waals surface area contributed by atoms with Crippen molar-refractivity contribution >= 4 is 26.7 Å². The number of rotatable bonds is 2. The number of alkyl halides is 1. The zero-order chi connectivity index (χ0) is 7.40. The van der Waals surface area contributed by atoms with Crippen molar-refractivity contribution in [1.29, 1.82) is 0 Å². The van der Waals surface area contributed by atoms with Crippen molar-refractivity contribution in [2.45, 2.75) is 0 Å². The molecule has 1 heterocycles. The molecule has 0 atom stereocenters. The van der Waals surface area contributed by atoms with Gasteiger partial charge in [-0.3, -0.25) is 4.21 Å². The van der Waals surface area contributed by atoms with Crippen molar-refractivity contribution in [2.24, 2.45) is 0 Å². The zero-order valence-corrected chi connectivity index (χ0v) is 8.29. The molecule has 60 valence electrons. The van der Waals surface area contributed by atoms with E-state index < -0.39 is 10.8 Å². The largest absolute Gasteiger partial charge is 0.301 e. The Morgan fingerprint density at radius 1 is 1.40 bits per heavy atom. The van der Waals surface area contributed by atoms with Crippen LogP contribution in [0.4, 0.5) is 0 Å². The second kappa shape index (κ2) is 4.46. The monoisotopic (exact) mass is 225 g/mol. The molecule has 0 aromatic carbocycles. The van der Waals surface area contributed by atoms with Gasteiger partial charge in [0.15, 0.2) is 0 Å². The Morgan fingerprint density at radius 2 is 2.00 bits per heavy atom. The summed E-state index contributed by atoms with van der Waals surface area (Å²) in [6.07, 6.45) is 0. The van der Waals surface area contributed by atoms with E-state index in [0.717, 1.165) is 36.5 Å². The first-order chi connectivity index (χ1) is 4.83. The summed E-state index contributed by atoms with van der Waals surface area (Å²) in [6, 6.07) is 0.